The van der Waals surface area contributed by atoms with E-state index in [1.54, 1.807) is 6.92 Å². The summed E-state index contributed by atoms with van der Waals surface area (Å²) in [6.07, 6.45) is -0.482. The Morgan fingerprint density at radius 2 is 1.79 bits per heavy atom. The van der Waals surface area contributed by atoms with E-state index in [0.717, 1.165) is 24.3 Å². The zero-order valence-electron chi connectivity index (χ0n) is 17.1. The second-order valence-electron chi connectivity index (χ2n) is 7.50. The van der Waals surface area contributed by atoms with Gasteiger partial charge in [-0.05, 0) is 30.3 Å². The molecule has 0 saturated carbocycles. The summed E-state index contributed by atoms with van der Waals surface area (Å²) < 4.78 is 69.1. The largest absolute Gasteiger partial charge is 0.416 e. The van der Waals surface area contributed by atoms with Gasteiger partial charge in [-0.15, -0.1) is 5.10 Å². The van der Waals surface area contributed by atoms with Crippen molar-refractivity contribution in [2.24, 2.45) is 0 Å². The van der Waals surface area contributed by atoms with Crippen LogP contribution in [-0.4, -0.2) is 34.9 Å². The summed E-state index contributed by atoms with van der Waals surface area (Å²) in [4.78, 5) is 3.81. The maximum atomic E-state index is 14.7. The Morgan fingerprint density at radius 1 is 1.06 bits per heavy atom. The zero-order valence-corrected chi connectivity index (χ0v) is 17.1. The molecule has 4 aromatic rings. The molecule has 0 radical (unpaired) electrons. The quantitative estimate of drug-likeness (QED) is 0.439. The van der Waals surface area contributed by atoms with Crippen LogP contribution in [0.4, 0.5) is 22.0 Å². The van der Waals surface area contributed by atoms with Gasteiger partial charge in [0, 0.05) is 17.5 Å². The van der Waals surface area contributed by atoms with Crippen molar-refractivity contribution in [2.75, 3.05) is 0 Å². The van der Waals surface area contributed by atoms with Crippen LogP contribution in [0, 0.1) is 11.6 Å². The monoisotopic (exact) mass is 464 g/mol. The molecule has 2 aromatic heterocycles. The van der Waals surface area contributed by atoms with E-state index in [-0.39, 0.29) is 17.8 Å². The maximum absolute atomic E-state index is 14.7. The third-order valence-electron chi connectivity index (χ3n) is 5.40. The fourth-order valence-corrected chi connectivity index (χ4v) is 3.51. The van der Waals surface area contributed by atoms with Gasteiger partial charge >= 0.3 is 6.18 Å². The topological polar surface area (TPSA) is 81.6 Å². The summed E-state index contributed by atoms with van der Waals surface area (Å²) in [5, 5.41) is 23.5. The van der Waals surface area contributed by atoms with Gasteiger partial charge < -0.3 is 5.11 Å². The predicted octanol–water partition coefficient (Wildman–Crippen LogP) is 3.85. The smallest absolute Gasteiger partial charge is 0.382 e. The lowest BCUT2D eigenvalue weighted by atomic mass is 9.80. The summed E-state index contributed by atoms with van der Waals surface area (Å²) in [6, 6.07) is 7.10. The minimum absolute atomic E-state index is 0.184. The molecule has 2 aromatic carbocycles. The van der Waals surface area contributed by atoms with Crippen LogP contribution in [0.3, 0.4) is 0 Å². The molecule has 0 amide bonds. The fraction of sp³-hybridized carbons (Fsp3) is 0.238. The summed E-state index contributed by atoms with van der Waals surface area (Å²) >= 11 is 0. The maximum Gasteiger partial charge on any atom is 0.416 e. The van der Waals surface area contributed by atoms with Crippen molar-refractivity contribution < 1.29 is 27.1 Å². The molecule has 7 nitrogen and oxygen atoms in total. The molecule has 4 rings (SSSR count). The SMILES string of the molecule is CC(c1cn(-c2ccc(C(F)(F)F)cc2)nn1)C(O)(Cn1cncn1)c1ccc(F)cc1F. The molecule has 0 fully saturated rings. The number of aromatic nitrogens is 6. The second-order valence-corrected chi connectivity index (χ2v) is 7.50. The first kappa shape index (κ1) is 22.5. The zero-order chi connectivity index (χ0) is 23.8. The fourth-order valence-electron chi connectivity index (χ4n) is 3.51. The number of halogens is 5. The van der Waals surface area contributed by atoms with E-state index >= 15 is 0 Å². The summed E-state index contributed by atoms with van der Waals surface area (Å²) in [7, 11) is 0. The third kappa shape index (κ3) is 4.46. The molecule has 0 aliphatic rings. The molecular formula is C21H17F5N6O. The highest BCUT2D eigenvalue weighted by Gasteiger charge is 2.41. The van der Waals surface area contributed by atoms with Crippen LogP contribution >= 0.6 is 0 Å². The Labute approximate surface area is 184 Å². The number of rotatable bonds is 6. The number of benzene rings is 2. The van der Waals surface area contributed by atoms with Crippen LogP contribution in [0.2, 0.25) is 0 Å². The highest BCUT2D eigenvalue weighted by molar-refractivity contribution is 5.36. The van der Waals surface area contributed by atoms with Crippen molar-refractivity contribution in [3.8, 4) is 5.69 Å². The van der Waals surface area contributed by atoms with E-state index in [4.69, 9.17) is 0 Å². The van der Waals surface area contributed by atoms with Crippen LogP contribution in [0.25, 0.3) is 5.69 Å². The lowest BCUT2D eigenvalue weighted by Gasteiger charge is -2.33. The molecule has 2 atom stereocenters. The molecule has 2 unspecified atom stereocenters. The van der Waals surface area contributed by atoms with E-state index in [1.807, 2.05) is 0 Å². The number of alkyl halides is 3. The van der Waals surface area contributed by atoms with Crippen molar-refractivity contribution in [3.05, 3.63) is 89.8 Å². The number of hydrogen-bond acceptors (Lipinski definition) is 5. The molecule has 0 saturated heterocycles. The Morgan fingerprint density at radius 3 is 2.39 bits per heavy atom. The highest BCUT2D eigenvalue weighted by Crippen LogP contribution is 2.39. The molecular weight excluding hydrogens is 447 g/mol. The molecule has 2 heterocycles. The van der Waals surface area contributed by atoms with Crippen LogP contribution in [0.5, 0.6) is 0 Å². The van der Waals surface area contributed by atoms with E-state index in [0.29, 0.717) is 11.8 Å². The molecule has 33 heavy (non-hydrogen) atoms. The van der Waals surface area contributed by atoms with Crippen LogP contribution in [0.15, 0.2) is 61.3 Å². The Balaban J connectivity index is 1.70. The first-order chi connectivity index (χ1) is 15.6. The first-order valence-corrected chi connectivity index (χ1v) is 9.68. The lowest BCUT2D eigenvalue weighted by Crippen LogP contribution is -2.38. The average molecular weight is 464 g/mol. The van der Waals surface area contributed by atoms with Crippen LogP contribution in [-0.2, 0) is 18.3 Å². The summed E-state index contributed by atoms with van der Waals surface area (Å²) in [5.41, 5.74) is -2.40. The van der Waals surface area contributed by atoms with E-state index in [9.17, 15) is 27.1 Å². The van der Waals surface area contributed by atoms with E-state index in [1.165, 1.54) is 40.3 Å². The standard InChI is InChI=1S/C21H17F5N6O/c1-13(19-9-32(30-29-19)16-5-2-14(3-6-16)21(24,25)26)20(33,10-31-12-27-11-28-31)17-7-4-15(22)8-18(17)23/h2-9,11-13,33H,10H2,1H3. The molecule has 1 N–H and O–H groups in total. The molecule has 12 heteroatoms. The average Bonchev–Trinajstić information content (AvgIpc) is 3.44. The molecule has 172 valence electrons. The van der Waals surface area contributed by atoms with Gasteiger partial charge in [-0.2, -0.15) is 18.3 Å². The Kier molecular flexibility index (Phi) is 5.70. The third-order valence-corrected chi connectivity index (χ3v) is 5.40. The number of hydrogen-bond donors (Lipinski definition) is 1. The van der Waals surface area contributed by atoms with Crippen LogP contribution < -0.4 is 0 Å². The van der Waals surface area contributed by atoms with E-state index in [2.05, 4.69) is 20.4 Å². The van der Waals surface area contributed by atoms with Gasteiger partial charge in [0.15, 0.2) is 0 Å². The van der Waals surface area contributed by atoms with Crippen molar-refractivity contribution in [1.82, 2.24) is 29.8 Å². The van der Waals surface area contributed by atoms with Gasteiger partial charge in [-0.1, -0.05) is 18.2 Å². The van der Waals surface area contributed by atoms with Gasteiger partial charge in [0.05, 0.1) is 29.7 Å². The minimum Gasteiger partial charge on any atom is -0.382 e. The molecule has 0 bridgehead atoms. The van der Waals surface area contributed by atoms with Crippen LogP contribution in [0.1, 0.15) is 29.7 Å². The Bertz CT molecular complexity index is 1240. The van der Waals surface area contributed by atoms with Gasteiger partial charge in [0.2, 0.25) is 0 Å². The van der Waals surface area contributed by atoms with Gasteiger partial charge in [0.25, 0.3) is 0 Å². The predicted molar refractivity (Wildman–Crippen MR) is 105 cm³/mol. The van der Waals surface area contributed by atoms with Crippen molar-refractivity contribution in [1.29, 1.82) is 0 Å². The van der Waals surface area contributed by atoms with E-state index < -0.39 is 34.9 Å². The minimum atomic E-state index is -4.47. The lowest BCUT2D eigenvalue weighted by molar-refractivity contribution is -0.137. The molecule has 0 aliphatic heterocycles. The number of aliphatic hydroxyl groups is 1. The van der Waals surface area contributed by atoms with Gasteiger partial charge in [-0.25, -0.2) is 23.1 Å². The van der Waals surface area contributed by atoms with Gasteiger partial charge in [-0.3, -0.25) is 0 Å². The highest BCUT2D eigenvalue weighted by atomic mass is 19.4. The summed E-state index contributed by atoms with van der Waals surface area (Å²) in [6.45, 7) is 1.34. The van der Waals surface area contributed by atoms with Crippen molar-refractivity contribution in [3.63, 3.8) is 0 Å². The molecule has 0 aliphatic carbocycles. The number of nitrogens with zero attached hydrogens (tertiary/aromatic N) is 6. The van der Waals surface area contributed by atoms with Gasteiger partial charge in [0.1, 0.15) is 29.9 Å². The normalized spacial score (nSPS) is 14.8. The first-order valence-electron chi connectivity index (χ1n) is 9.68. The summed E-state index contributed by atoms with van der Waals surface area (Å²) in [5.74, 6) is -2.65. The second kappa shape index (κ2) is 8.35. The Hall–Kier alpha value is -3.67. The molecule has 0 spiro atoms. The van der Waals surface area contributed by atoms with Crippen molar-refractivity contribution in [2.45, 2.75) is 31.2 Å². The van der Waals surface area contributed by atoms with Crippen molar-refractivity contribution >= 4 is 0 Å².